The van der Waals surface area contributed by atoms with Gasteiger partial charge in [-0.25, -0.2) is 0 Å². The second-order valence-corrected chi connectivity index (χ2v) is 4.97. The molecule has 0 spiro atoms. The molecular formula is C14H15F3N2O2. The molecule has 4 nitrogen and oxygen atoms in total. The van der Waals surface area contributed by atoms with E-state index in [0.29, 0.717) is 5.69 Å². The Hall–Kier alpha value is -2.05. The highest BCUT2D eigenvalue weighted by Crippen LogP contribution is 2.29. The lowest BCUT2D eigenvalue weighted by molar-refractivity contribution is -0.171. The number of amides is 2. The van der Waals surface area contributed by atoms with Crippen LogP contribution in [-0.2, 0) is 9.59 Å². The molecule has 21 heavy (non-hydrogen) atoms. The molecule has 1 N–H and O–H groups in total. The number of carbonyl (C=O) groups excluding carboxylic acids is 2. The van der Waals surface area contributed by atoms with Gasteiger partial charge in [-0.05, 0) is 25.0 Å². The zero-order valence-corrected chi connectivity index (χ0v) is 11.4. The monoisotopic (exact) mass is 300 g/mol. The van der Waals surface area contributed by atoms with Gasteiger partial charge in [-0.2, -0.15) is 13.2 Å². The largest absolute Gasteiger partial charge is 0.408 e. The number of piperidine rings is 1. The van der Waals surface area contributed by atoms with Gasteiger partial charge in [0.2, 0.25) is 11.8 Å². The summed E-state index contributed by atoms with van der Waals surface area (Å²) in [7, 11) is 1.50. The second kappa shape index (κ2) is 5.75. The quantitative estimate of drug-likeness (QED) is 0.850. The number of nitrogens with zero attached hydrogens (tertiary/aromatic N) is 1. The van der Waals surface area contributed by atoms with Crippen LogP contribution < -0.4 is 10.2 Å². The Bertz CT molecular complexity index is 531. The summed E-state index contributed by atoms with van der Waals surface area (Å²) in [5.41, 5.74) is 0.591. The Kier molecular flexibility index (Phi) is 4.20. The van der Waals surface area contributed by atoms with Gasteiger partial charge in [0.15, 0.2) is 0 Å². The van der Waals surface area contributed by atoms with Crippen molar-refractivity contribution in [3.63, 3.8) is 0 Å². The first-order valence-corrected chi connectivity index (χ1v) is 6.50. The molecule has 0 bridgehead atoms. The third-order valence-electron chi connectivity index (χ3n) is 3.54. The Morgan fingerprint density at radius 1 is 1.24 bits per heavy atom. The molecule has 1 heterocycles. The van der Waals surface area contributed by atoms with Crippen LogP contribution in [0, 0.1) is 5.92 Å². The van der Waals surface area contributed by atoms with Crippen LogP contribution in [-0.4, -0.2) is 31.1 Å². The maximum Gasteiger partial charge on any atom is 0.408 e. The SMILES string of the molecule is CN(C(=O)[C@@H]1CC[C@@H](C(F)(F)F)NC1=O)c1ccccc1. The molecule has 1 aromatic carbocycles. The molecule has 1 aromatic rings. The zero-order valence-electron chi connectivity index (χ0n) is 11.4. The summed E-state index contributed by atoms with van der Waals surface area (Å²) in [6.45, 7) is 0. The predicted molar refractivity (Wildman–Crippen MR) is 70.6 cm³/mol. The molecule has 0 saturated carbocycles. The van der Waals surface area contributed by atoms with Gasteiger partial charge in [0, 0.05) is 12.7 Å². The van der Waals surface area contributed by atoms with E-state index >= 15 is 0 Å². The van der Waals surface area contributed by atoms with Crippen molar-refractivity contribution in [2.45, 2.75) is 25.1 Å². The summed E-state index contributed by atoms with van der Waals surface area (Å²) in [5.74, 6) is -2.44. The van der Waals surface area contributed by atoms with Crippen LogP contribution in [0.15, 0.2) is 30.3 Å². The first-order chi connectivity index (χ1) is 9.80. The topological polar surface area (TPSA) is 49.4 Å². The maximum atomic E-state index is 12.6. The van der Waals surface area contributed by atoms with Crippen LogP contribution in [0.4, 0.5) is 18.9 Å². The summed E-state index contributed by atoms with van der Waals surface area (Å²) in [6, 6.07) is 6.77. The van der Waals surface area contributed by atoms with E-state index in [4.69, 9.17) is 0 Å². The number of hydrogen-bond donors (Lipinski definition) is 1. The number of anilines is 1. The summed E-state index contributed by atoms with van der Waals surface area (Å²) in [4.78, 5) is 25.3. The average molecular weight is 300 g/mol. The van der Waals surface area contributed by atoms with Crippen molar-refractivity contribution in [1.82, 2.24) is 5.32 Å². The second-order valence-electron chi connectivity index (χ2n) is 4.97. The van der Waals surface area contributed by atoms with Crippen LogP contribution in [0.1, 0.15) is 12.8 Å². The Balaban J connectivity index is 2.06. The number of alkyl halides is 3. The molecule has 2 amide bonds. The number of benzene rings is 1. The minimum absolute atomic E-state index is 0.105. The molecule has 1 aliphatic heterocycles. The van der Waals surface area contributed by atoms with Crippen LogP contribution in [0.5, 0.6) is 0 Å². The molecule has 0 radical (unpaired) electrons. The fourth-order valence-electron chi connectivity index (χ4n) is 2.30. The van der Waals surface area contributed by atoms with Gasteiger partial charge < -0.3 is 10.2 Å². The summed E-state index contributed by atoms with van der Waals surface area (Å²) < 4.78 is 37.7. The normalized spacial score (nSPS) is 22.6. The van der Waals surface area contributed by atoms with Gasteiger partial charge in [0.1, 0.15) is 12.0 Å². The van der Waals surface area contributed by atoms with Crippen LogP contribution in [0.25, 0.3) is 0 Å². The van der Waals surface area contributed by atoms with Crippen molar-refractivity contribution in [1.29, 1.82) is 0 Å². The first kappa shape index (κ1) is 15.3. The van der Waals surface area contributed by atoms with Crippen molar-refractivity contribution in [2.24, 2.45) is 5.92 Å². The highest BCUT2D eigenvalue weighted by molar-refractivity contribution is 6.07. The van der Waals surface area contributed by atoms with Crippen molar-refractivity contribution in [3.05, 3.63) is 30.3 Å². The first-order valence-electron chi connectivity index (χ1n) is 6.50. The zero-order chi connectivity index (χ0) is 15.6. The lowest BCUT2D eigenvalue weighted by atomic mass is 9.92. The molecule has 114 valence electrons. The van der Waals surface area contributed by atoms with Crippen LogP contribution in [0.2, 0.25) is 0 Å². The highest BCUT2D eigenvalue weighted by atomic mass is 19.4. The van der Waals surface area contributed by atoms with Crippen LogP contribution >= 0.6 is 0 Å². The third kappa shape index (κ3) is 3.34. The highest BCUT2D eigenvalue weighted by Gasteiger charge is 2.46. The third-order valence-corrected chi connectivity index (χ3v) is 3.54. The van der Waals surface area contributed by atoms with E-state index in [1.807, 2.05) is 5.32 Å². The fraction of sp³-hybridized carbons (Fsp3) is 0.429. The van der Waals surface area contributed by atoms with Gasteiger partial charge in [0.05, 0.1) is 0 Å². The molecule has 0 aliphatic carbocycles. The molecule has 1 saturated heterocycles. The lowest BCUT2D eigenvalue weighted by Gasteiger charge is -2.31. The van der Waals surface area contributed by atoms with Crippen molar-refractivity contribution in [3.8, 4) is 0 Å². The molecule has 2 rings (SSSR count). The van der Waals surface area contributed by atoms with Crippen molar-refractivity contribution in [2.75, 3.05) is 11.9 Å². The van der Waals surface area contributed by atoms with E-state index < -0.39 is 30.0 Å². The maximum absolute atomic E-state index is 12.6. The molecule has 0 unspecified atom stereocenters. The van der Waals surface area contributed by atoms with E-state index in [0.717, 1.165) is 0 Å². The molecule has 1 aliphatic rings. The van der Waals surface area contributed by atoms with E-state index in [2.05, 4.69) is 0 Å². The molecule has 2 atom stereocenters. The molecule has 1 fully saturated rings. The number of para-hydroxylation sites is 1. The van der Waals surface area contributed by atoms with Gasteiger partial charge in [-0.15, -0.1) is 0 Å². The number of rotatable bonds is 2. The van der Waals surface area contributed by atoms with E-state index in [9.17, 15) is 22.8 Å². The standard InChI is InChI=1S/C14H15F3N2O2/c1-19(9-5-3-2-4-6-9)13(21)10-7-8-11(14(15,16)17)18-12(10)20/h2-6,10-11H,7-8H2,1H3,(H,18,20)/t10-,11+/m1/s1. The smallest absolute Gasteiger partial charge is 0.344 e. The van der Waals surface area contributed by atoms with Crippen LogP contribution in [0.3, 0.4) is 0 Å². The minimum Gasteiger partial charge on any atom is -0.344 e. The fourth-order valence-corrected chi connectivity index (χ4v) is 2.30. The van der Waals surface area contributed by atoms with Gasteiger partial charge in [0.25, 0.3) is 0 Å². The Morgan fingerprint density at radius 3 is 2.38 bits per heavy atom. The van der Waals surface area contributed by atoms with E-state index in [-0.39, 0.29) is 12.8 Å². The minimum atomic E-state index is -4.48. The number of nitrogens with one attached hydrogen (secondary N) is 1. The number of hydrogen-bond acceptors (Lipinski definition) is 2. The lowest BCUT2D eigenvalue weighted by Crippen LogP contribution is -2.54. The molecule has 0 aromatic heterocycles. The number of carbonyl (C=O) groups is 2. The van der Waals surface area contributed by atoms with Gasteiger partial charge >= 0.3 is 6.18 Å². The molecular weight excluding hydrogens is 285 g/mol. The van der Waals surface area contributed by atoms with Gasteiger partial charge in [-0.1, -0.05) is 18.2 Å². The Labute approximate surface area is 119 Å². The van der Waals surface area contributed by atoms with Crippen molar-refractivity contribution >= 4 is 17.5 Å². The summed E-state index contributed by atoms with van der Waals surface area (Å²) in [5, 5.41) is 1.88. The van der Waals surface area contributed by atoms with E-state index in [1.54, 1.807) is 30.3 Å². The summed E-state index contributed by atoms with van der Waals surface area (Å²) >= 11 is 0. The van der Waals surface area contributed by atoms with Gasteiger partial charge in [-0.3, -0.25) is 9.59 Å². The number of halogens is 3. The summed E-state index contributed by atoms with van der Waals surface area (Å²) in [6.07, 6.45) is -4.87. The molecule has 7 heteroatoms. The predicted octanol–water partition coefficient (Wildman–Crippen LogP) is 2.11. The van der Waals surface area contributed by atoms with E-state index in [1.165, 1.54) is 11.9 Å². The Morgan fingerprint density at radius 2 is 1.86 bits per heavy atom. The van der Waals surface area contributed by atoms with Crippen molar-refractivity contribution < 1.29 is 22.8 Å². The average Bonchev–Trinajstić information content (AvgIpc) is 2.45.